The summed E-state index contributed by atoms with van der Waals surface area (Å²) in [7, 11) is 0. The van der Waals surface area contributed by atoms with Crippen LogP contribution in [-0.4, -0.2) is 23.7 Å². The lowest BCUT2D eigenvalue weighted by atomic mass is 9.89. The number of hydrogen-bond donors (Lipinski definition) is 3. The minimum absolute atomic E-state index is 0.0667. The lowest BCUT2D eigenvalue weighted by Gasteiger charge is -2.21. The van der Waals surface area contributed by atoms with Gasteiger partial charge in [0.2, 0.25) is 0 Å². The Labute approximate surface area is 92.0 Å². The molecule has 0 amide bonds. The zero-order chi connectivity index (χ0) is 11.7. The summed E-state index contributed by atoms with van der Waals surface area (Å²) in [5.74, 6) is -0.679. The summed E-state index contributed by atoms with van der Waals surface area (Å²) in [6.07, 6.45) is 5.14. The summed E-state index contributed by atoms with van der Waals surface area (Å²) >= 11 is 0. The molecule has 90 valence electrons. The minimum Gasteiger partial charge on any atom is -0.481 e. The molecule has 0 aliphatic heterocycles. The van der Waals surface area contributed by atoms with Crippen molar-refractivity contribution in [2.24, 2.45) is 17.4 Å². The number of carboxylic acid groups (broad SMARTS) is 1. The van der Waals surface area contributed by atoms with Crippen molar-refractivity contribution in [3.63, 3.8) is 0 Å². The molecule has 0 saturated carbocycles. The third kappa shape index (κ3) is 7.33. The molecule has 0 heterocycles. The van der Waals surface area contributed by atoms with E-state index in [1.54, 1.807) is 0 Å². The summed E-state index contributed by atoms with van der Waals surface area (Å²) in [6.45, 7) is 2.66. The second-order valence-corrected chi connectivity index (χ2v) is 4.09. The van der Waals surface area contributed by atoms with Crippen LogP contribution in [0.25, 0.3) is 0 Å². The van der Waals surface area contributed by atoms with Gasteiger partial charge in [-0.3, -0.25) is 4.79 Å². The van der Waals surface area contributed by atoms with Crippen molar-refractivity contribution in [2.75, 3.05) is 6.54 Å². The third-order valence-corrected chi connectivity index (χ3v) is 2.72. The average molecular weight is 216 g/mol. The molecule has 0 bridgehead atoms. The van der Waals surface area contributed by atoms with Crippen LogP contribution in [0.1, 0.15) is 45.4 Å². The van der Waals surface area contributed by atoms with Gasteiger partial charge in [0.25, 0.3) is 0 Å². The summed E-state index contributed by atoms with van der Waals surface area (Å²) in [5.41, 5.74) is 11.3. The van der Waals surface area contributed by atoms with E-state index in [0.29, 0.717) is 13.0 Å². The van der Waals surface area contributed by atoms with Crippen molar-refractivity contribution in [1.82, 2.24) is 0 Å². The number of nitrogens with two attached hydrogens (primary N) is 2. The van der Waals surface area contributed by atoms with Crippen molar-refractivity contribution in [1.29, 1.82) is 0 Å². The molecule has 0 aromatic rings. The van der Waals surface area contributed by atoms with E-state index in [0.717, 1.165) is 25.7 Å². The molecule has 0 radical (unpaired) electrons. The van der Waals surface area contributed by atoms with E-state index in [9.17, 15) is 4.79 Å². The summed E-state index contributed by atoms with van der Waals surface area (Å²) < 4.78 is 0. The van der Waals surface area contributed by atoms with Gasteiger partial charge >= 0.3 is 5.97 Å². The average Bonchev–Trinajstić information content (AvgIpc) is 2.16. The van der Waals surface area contributed by atoms with E-state index in [4.69, 9.17) is 16.6 Å². The molecule has 0 aromatic heterocycles. The number of unbranched alkanes of at least 4 members (excludes halogenated alkanes) is 2. The molecule has 2 atom stereocenters. The summed E-state index contributed by atoms with van der Waals surface area (Å²) in [6, 6.07) is -0.0667. The topological polar surface area (TPSA) is 89.3 Å². The van der Waals surface area contributed by atoms with Gasteiger partial charge in [0, 0.05) is 12.5 Å². The molecule has 0 fully saturated rings. The summed E-state index contributed by atoms with van der Waals surface area (Å²) in [5, 5.41) is 8.77. The fourth-order valence-electron chi connectivity index (χ4n) is 1.78. The maximum atomic E-state index is 10.7. The zero-order valence-corrected chi connectivity index (χ0v) is 9.61. The smallest absolute Gasteiger partial charge is 0.303 e. The van der Waals surface area contributed by atoms with Crippen LogP contribution in [0.4, 0.5) is 0 Å². The molecule has 0 aliphatic rings. The van der Waals surface area contributed by atoms with Crippen molar-refractivity contribution >= 4 is 5.97 Å². The highest BCUT2D eigenvalue weighted by molar-refractivity contribution is 5.67. The standard InChI is InChI=1S/C11H24N2O2/c1-2-3-4-5-9(8-11(14)15)10(13)6-7-12/h9-10H,2-8,12-13H2,1H3,(H,14,15). The lowest BCUT2D eigenvalue weighted by molar-refractivity contribution is -0.138. The van der Waals surface area contributed by atoms with Crippen LogP contribution in [0.3, 0.4) is 0 Å². The van der Waals surface area contributed by atoms with Crippen LogP contribution in [0.5, 0.6) is 0 Å². The molecule has 0 rings (SSSR count). The molecule has 0 spiro atoms. The molecule has 0 aliphatic carbocycles. The minimum atomic E-state index is -0.760. The fourth-order valence-corrected chi connectivity index (χ4v) is 1.78. The maximum absolute atomic E-state index is 10.7. The third-order valence-electron chi connectivity index (χ3n) is 2.72. The highest BCUT2D eigenvalue weighted by Gasteiger charge is 2.19. The first-order valence-electron chi connectivity index (χ1n) is 5.79. The first-order chi connectivity index (χ1) is 7.11. The Kier molecular flexibility index (Phi) is 8.33. The van der Waals surface area contributed by atoms with Gasteiger partial charge in [-0.1, -0.05) is 26.2 Å². The monoisotopic (exact) mass is 216 g/mol. The Morgan fingerprint density at radius 1 is 1.33 bits per heavy atom. The normalized spacial score (nSPS) is 14.9. The van der Waals surface area contributed by atoms with Crippen LogP contribution < -0.4 is 11.5 Å². The highest BCUT2D eigenvalue weighted by Crippen LogP contribution is 2.18. The number of hydrogen-bond acceptors (Lipinski definition) is 3. The fraction of sp³-hybridized carbons (Fsp3) is 0.909. The Morgan fingerprint density at radius 3 is 2.47 bits per heavy atom. The van der Waals surface area contributed by atoms with E-state index in [-0.39, 0.29) is 18.4 Å². The van der Waals surface area contributed by atoms with Crippen LogP contribution in [0, 0.1) is 5.92 Å². The van der Waals surface area contributed by atoms with E-state index in [1.165, 1.54) is 0 Å². The Bertz CT molecular complexity index is 174. The molecule has 4 nitrogen and oxygen atoms in total. The molecule has 5 N–H and O–H groups in total. The molecular formula is C11H24N2O2. The van der Waals surface area contributed by atoms with Crippen LogP contribution >= 0.6 is 0 Å². The van der Waals surface area contributed by atoms with Crippen LogP contribution in [0.15, 0.2) is 0 Å². The maximum Gasteiger partial charge on any atom is 0.303 e. The number of rotatable bonds is 9. The number of carbonyl (C=O) groups is 1. The SMILES string of the molecule is CCCCCC(CC(=O)O)C(N)CCN. The second-order valence-electron chi connectivity index (χ2n) is 4.09. The van der Waals surface area contributed by atoms with Gasteiger partial charge in [-0.15, -0.1) is 0 Å². The Morgan fingerprint density at radius 2 is 2.00 bits per heavy atom. The van der Waals surface area contributed by atoms with E-state index in [1.807, 2.05) is 0 Å². The second kappa shape index (κ2) is 8.68. The quantitative estimate of drug-likeness (QED) is 0.507. The lowest BCUT2D eigenvalue weighted by Crippen LogP contribution is -2.33. The molecule has 0 aromatic carbocycles. The molecule has 0 saturated heterocycles. The first-order valence-corrected chi connectivity index (χ1v) is 5.79. The molecule has 4 heteroatoms. The van der Waals surface area contributed by atoms with Crippen molar-refractivity contribution in [2.45, 2.75) is 51.5 Å². The van der Waals surface area contributed by atoms with Crippen LogP contribution in [0.2, 0.25) is 0 Å². The molecular weight excluding hydrogens is 192 g/mol. The van der Waals surface area contributed by atoms with Crippen molar-refractivity contribution in [3.8, 4) is 0 Å². The Hall–Kier alpha value is -0.610. The van der Waals surface area contributed by atoms with Gasteiger partial charge in [0.1, 0.15) is 0 Å². The Balaban J connectivity index is 3.98. The molecule has 2 unspecified atom stereocenters. The molecule has 15 heavy (non-hydrogen) atoms. The van der Waals surface area contributed by atoms with Gasteiger partial charge in [-0.2, -0.15) is 0 Å². The largest absolute Gasteiger partial charge is 0.481 e. The number of carboxylic acids is 1. The number of aliphatic carboxylic acids is 1. The van der Waals surface area contributed by atoms with Crippen molar-refractivity contribution in [3.05, 3.63) is 0 Å². The van der Waals surface area contributed by atoms with Gasteiger partial charge in [0.15, 0.2) is 0 Å². The van der Waals surface area contributed by atoms with E-state index < -0.39 is 5.97 Å². The van der Waals surface area contributed by atoms with Gasteiger partial charge in [-0.25, -0.2) is 0 Å². The van der Waals surface area contributed by atoms with Gasteiger partial charge < -0.3 is 16.6 Å². The van der Waals surface area contributed by atoms with Gasteiger partial charge in [-0.05, 0) is 25.3 Å². The zero-order valence-electron chi connectivity index (χ0n) is 9.61. The van der Waals surface area contributed by atoms with Crippen LogP contribution in [-0.2, 0) is 4.79 Å². The predicted octanol–water partition coefficient (Wildman–Crippen LogP) is 1.33. The van der Waals surface area contributed by atoms with E-state index >= 15 is 0 Å². The van der Waals surface area contributed by atoms with Gasteiger partial charge in [0.05, 0.1) is 0 Å². The predicted molar refractivity (Wildman–Crippen MR) is 61.5 cm³/mol. The van der Waals surface area contributed by atoms with Crippen molar-refractivity contribution < 1.29 is 9.90 Å². The highest BCUT2D eigenvalue weighted by atomic mass is 16.4. The van der Waals surface area contributed by atoms with E-state index in [2.05, 4.69) is 6.92 Å². The summed E-state index contributed by atoms with van der Waals surface area (Å²) in [4.78, 5) is 10.7. The first kappa shape index (κ1) is 14.4.